The van der Waals surface area contributed by atoms with Crippen LogP contribution >= 0.6 is 0 Å². The van der Waals surface area contributed by atoms with E-state index < -0.39 is 26.3 Å². The molecule has 2 nitrogen and oxygen atoms in total. The summed E-state index contributed by atoms with van der Waals surface area (Å²) in [6, 6.07) is 11.3. The predicted octanol–water partition coefficient (Wildman–Crippen LogP) is 5.93. The van der Waals surface area contributed by atoms with Gasteiger partial charge >= 0.3 is 0 Å². The Bertz CT molecular complexity index is 975. The van der Waals surface area contributed by atoms with Gasteiger partial charge in [0, 0.05) is 6.42 Å². The highest BCUT2D eigenvalue weighted by Crippen LogP contribution is 2.35. The molecular weight excluding hydrogens is 431 g/mol. The largest absolute Gasteiger partial charge is 0.626 e. The Morgan fingerprint density at radius 2 is 1.45 bits per heavy atom. The smallest absolute Gasteiger partial charge is 0.134 e. The molecule has 0 radical (unpaired) electrons. The van der Waals surface area contributed by atoms with Gasteiger partial charge in [-0.3, -0.25) is 0 Å². The van der Waals surface area contributed by atoms with Crippen LogP contribution in [-0.4, -0.2) is 32.5 Å². The van der Waals surface area contributed by atoms with Gasteiger partial charge < -0.3 is 4.55 Å². The molecule has 0 aliphatic carbocycles. The van der Waals surface area contributed by atoms with Crippen LogP contribution in [0.15, 0.2) is 39.6 Å². The van der Waals surface area contributed by atoms with Gasteiger partial charge in [0.25, 0.3) is 0 Å². The zero-order chi connectivity index (χ0) is 23.2. The summed E-state index contributed by atoms with van der Waals surface area (Å²) in [5, 5.41) is 2.82. The van der Waals surface area contributed by atoms with Crippen molar-refractivity contribution in [2.45, 2.75) is 89.5 Å². The van der Waals surface area contributed by atoms with Crippen molar-refractivity contribution < 1.29 is 4.55 Å². The Morgan fingerprint density at radius 3 is 1.94 bits per heavy atom. The molecule has 3 rings (SSSR count). The van der Waals surface area contributed by atoms with Crippen LogP contribution in [0.25, 0.3) is 0 Å². The first-order chi connectivity index (χ1) is 14.2. The summed E-state index contributed by atoms with van der Waals surface area (Å²) in [5.41, 5.74) is 5.33. The highest BCUT2D eigenvalue weighted by molar-refractivity contribution is 8.01. The van der Waals surface area contributed by atoms with Gasteiger partial charge in [0.15, 0.2) is 0 Å². The summed E-state index contributed by atoms with van der Waals surface area (Å²) in [4.78, 5) is 1.15. The molecule has 0 bridgehead atoms. The SMILES string of the molecule is Cc1cc(C)c(C[C@@H]2CCCN=[S+]2([O-])c2c([Si](C)(C)C)cccc2[Si](C)(C)C)c(C)c1. The molecule has 0 saturated heterocycles. The lowest BCUT2D eigenvalue weighted by molar-refractivity contribution is 0.535. The van der Waals surface area contributed by atoms with Gasteiger partial charge in [-0.25, -0.2) is 0 Å². The minimum Gasteiger partial charge on any atom is -0.626 e. The van der Waals surface area contributed by atoms with E-state index in [-0.39, 0.29) is 5.25 Å². The topological polar surface area (TPSA) is 35.4 Å². The minimum atomic E-state index is -2.48. The zero-order valence-electron chi connectivity index (χ0n) is 21.1. The molecule has 2 aromatic carbocycles. The van der Waals surface area contributed by atoms with Gasteiger partial charge in [-0.05, 0) is 70.8 Å². The van der Waals surface area contributed by atoms with Crippen molar-refractivity contribution in [3.8, 4) is 0 Å². The van der Waals surface area contributed by atoms with E-state index in [4.69, 9.17) is 4.36 Å². The number of benzene rings is 2. The first kappa shape index (κ1) is 24.6. The van der Waals surface area contributed by atoms with E-state index in [0.717, 1.165) is 30.7 Å². The van der Waals surface area contributed by atoms with E-state index in [2.05, 4.69) is 90.4 Å². The van der Waals surface area contributed by atoms with Crippen molar-refractivity contribution in [3.05, 3.63) is 52.6 Å². The van der Waals surface area contributed by atoms with Gasteiger partial charge in [-0.2, -0.15) is 0 Å². The third-order valence-corrected chi connectivity index (χ3v) is 13.9. The van der Waals surface area contributed by atoms with Crippen molar-refractivity contribution in [1.82, 2.24) is 0 Å². The Hall–Kier alpha value is -1.02. The van der Waals surface area contributed by atoms with E-state index in [1.165, 1.54) is 32.6 Å². The fourth-order valence-corrected chi connectivity index (χ4v) is 13.4. The quantitative estimate of drug-likeness (QED) is 0.393. The number of nitrogens with zero attached hydrogens (tertiary/aromatic N) is 1. The first-order valence-electron chi connectivity index (χ1n) is 11.7. The monoisotopic (exact) mass is 471 g/mol. The second-order valence-electron chi connectivity index (χ2n) is 11.4. The summed E-state index contributed by atoms with van der Waals surface area (Å²) >= 11 is 0. The Morgan fingerprint density at radius 1 is 0.935 bits per heavy atom. The van der Waals surface area contributed by atoms with Crippen molar-refractivity contribution in [2.24, 2.45) is 4.36 Å². The molecule has 5 heteroatoms. The van der Waals surface area contributed by atoms with Crippen LogP contribution in [0.4, 0.5) is 0 Å². The fraction of sp³-hybridized carbons (Fsp3) is 0.538. The first-order valence-corrected chi connectivity index (χ1v) is 20.3. The molecule has 31 heavy (non-hydrogen) atoms. The fourth-order valence-electron chi connectivity index (χ4n) is 5.02. The zero-order valence-corrected chi connectivity index (χ0v) is 23.9. The van der Waals surface area contributed by atoms with Crippen LogP contribution in [0.3, 0.4) is 0 Å². The van der Waals surface area contributed by atoms with Crippen LogP contribution < -0.4 is 10.4 Å². The molecule has 0 N–H and O–H groups in total. The van der Waals surface area contributed by atoms with Gasteiger partial charge in [0.2, 0.25) is 0 Å². The molecule has 1 aliphatic rings. The molecule has 0 fully saturated rings. The molecule has 0 spiro atoms. The molecule has 1 heterocycles. The average molecular weight is 472 g/mol. The summed E-state index contributed by atoms with van der Waals surface area (Å²) in [6.45, 7) is 21.6. The minimum absolute atomic E-state index is 0.0916. The average Bonchev–Trinajstić information content (AvgIpc) is 2.64. The van der Waals surface area contributed by atoms with E-state index >= 15 is 4.55 Å². The second-order valence-corrected chi connectivity index (χ2v) is 24.0. The summed E-state index contributed by atoms with van der Waals surface area (Å²) in [7, 11) is -5.86. The maximum Gasteiger partial charge on any atom is 0.134 e. The van der Waals surface area contributed by atoms with Crippen molar-refractivity contribution in [1.29, 1.82) is 0 Å². The van der Waals surface area contributed by atoms with Crippen LogP contribution in [-0.2, 0) is 16.5 Å². The molecule has 0 amide bonds. The van der Waals surface area contributed by atoms with Crippen LogP contribution in [0.2, 0.25) is 39.3 Å². The lowest BCUT2D eigenvalue weighted by Crippen LogP contribution is -2.53. The maximum atomic E-state index is 15.0. The van der Waals surface area contributed by atoms with Crippen LogP contribution in [0, 0.1) is 20.8 Å². The molecule has 0 aromatic heterocycles. The standard InChI is InChI=1S/C26H41NOSSi2/c1-19-16-20(2)23(21(3)17-19)18-22-12-11-15-27-29(22,28)26-24(30(4,5)6)13-10-14-25(26)31(7,8)9/h10,13-14,16-17,22H,11-12,15,18H2,1-9H3/t22-,29?/m0/s1. The molecular formula is C26H41NOSSi2. The summed E-state index contributed by atoms with van der Waals surface area (Å²) in [6.07, 6.45) is 2.91. The summed E-state index contributed by atoms with van der Waals surface area (Å²) < 4.78 is 20.1. The summed E-state index contributed by atoms with van der Waals surface area (Å²) in [5.74, 6) is 0. The molecule has 1 unspecified atom stereocenters. The maximum absolute atomic E-state index is 15.0. The Labute approximate surface area is 193 Å². The highest BCUT2D eigenvalue weighted by atomic mass is 32.3. The third-order valence-electron chi connectivity index (χ3n) is 6.61. The lowest BCUT2D eigenvalue weighted by atomic mass is 9.95. The third kappa shape index (κ3) is 5.00. The molecule has 0 saturated carbocycles. The number of rotatable bonds is 5. The van der Waals surface area contributed by atoms with Gasteiger partial charge in [0.05, 0.1) is 22.7 Å². The lowest BCUT2D eigenvalue weighted by Gasteiger charge is -2.39. The molecule has 170 valence electrons. The van der Waals surface area contributed by atoms with E-state index in [9.17, 15) is 0 Å². The van der Waals surface area contributed by atoms with E-state index in [0.29, 0.717) is 0 Å². The Balaban J connectivity index is 2.24. The van der Waals surface area contributed by atoms with Crippen molar-refractivity contribution in [3.63, 3.8) is 0 Å². The number of hydrogen-bond acceptors (Lipinski definition) is 2. The van der Waals surface area contributed by atoms with Gasteiger partial charge in [-0.15, -0.1) is 4.36 Å². The van der Waals surface area contributed by atoms with Crippen LogP contribution in [0.1, 0.15) is 35.1 Å². The van der Waals surface area contributed by atoms with E-state index in [1.807, 2.05) is 0 Å². The normalized spacial score (nSPS) is 22.3. The highest BCUT2D eigenvalue weighted by Gasteiger charge is 2.41. The van der Waals surface area contributed by atoms with Crippen LogP contribution in [0.5, 0.6) is 0 Å². The number of hydrogen-bond donors (Lipinski definition) is 0. The Kier molecular flexibility index (Phi) is 6.94. The van der Waals surface area contributed by atoms with E-state index in [1.54, 1.807) is 0 Å². The van der Waals surface area contributed by atoms with Crippen molar-refractivity contribution >= 4 is 36.6 Å². The number of aryl methyl sites for hydroxylation is 3. The predicted molar refractivity (Wildman–Crippen MR) is 143 cm³/mol. The second kappa shape index (κ2) is 8.73. The van der Waals surface area contributed by atoms with Crippen molar-refractivity contribution in [2.75, 3.05) is 6.54 Å². The molecule has 2 atom stereocenters. The molecule has 2 aromatic rings. The van der Waals surface area contributed by atoms with Gasteiger partial charge in [0.1, 0.15) is 10.1 Å². The molecule has 1 aliphatic heterocycles. The van der Waals surface area contributed by atoms with Gasteiger partial charge in [-0.1, -0.05) is 75.2 Å².